The van der Waals surface area contributed by atoms with Gasteiger partial charge in [-0.3, -0.25) is 0 Å². The van der Waals surface area contributed by atoms with Gasteiger partial charge in [0.25, 0.3) is 0 Å². The van der Waals surface area contributed by atoms with E-state index in [2.05, 4.69) is 18.3 Å². The Morgan fingerprint density at radius 3 is 3.10 bits per heavy atom. The van der Waals surface area contributed by atoms with Crippen molar-refractivity contribution in [2.45, 2.75) is 39.2 Å². The third-order valence-electron chi connectivity index (χ3n) is 4.01. The summed E-state index contributed by atoms with van der Waals surface area (Å²) in [6.07, 6.45) is 5.50. The molecule has 108 valence electrons. The number of hydrogen-bond donors (Lipinski definition) is 1. The van der Waals surface area contributed by atoms with Crippen LogP contribution in [0.15, 0.2) is 24.3 Å². The van der Waals surface area contributed by atoms with Crippen LogP contribution in [-0.2, 0) is 6.54 Å². The molecule has 1 N–H and O–H groups in total. The summed E-state index contributed by atoms with van der Waals surface area (Å²) in [4.78, 5) is 0. The molecular weight excluding hydrogens is 248 g/mol. The van der Waals surface area contributed by atoms with Gasteiger partial charge >= 0.3 is 0 Å². The predicted octanol–water partition coefficient (Wildman–Crippen LogP) is 3.50. The predicted molar refractivity (Wildman–Crippen MR) is 80.4 cm³/mol. The van der Waals surface area contributed by atoms with Gasteiger partial charge in [0.15, 0.2) is 6.61 Å². The first-order valence-corrected chi connectivity index (χ1v) is 7.57. The highest BCUT2D eigenvalue weighted by Gasteiger charge is 2.18. The maximum absolute atomic E-state index is 8.52. The van der Waals surface area contributed by atoms with Crippen molar-refractivity contribution >= 4 is 0 Å². The van der Waals surface area contributed by atoms with E-state index in [-0.39, 0.29) is 6.61 Å². The molecule has 1 aliphatic rings. The molecule has 1 saturated carbocycles. The second-order valence-electron chi connectivity index (χ2n) is 5.86. The zero-order chi connectivity index (χ0) is 14.2. The average Bonchev–Trinajstić information content (AvgIpc) is 2.46. The van der Waals surface area contributed by atoms with E-state index in [9.17, 15) is 0 Å². The molecule has 0 saturated heterocycles. The van der Waals surface area contributed by atoms with Crippen molar-refractivity contribution in [1.29, 1.82) is 5.26 Å². The quantitative estimate of drug-likeness (QED) is 0.862. The summed E-state index contributed by atoms with van der Waals surface area (Å²) in [6, 6.07) is 9.96. The van der Waals surface area contributed by atoms with Crippen molar-refractivity contribution in [1.82, 2.24) is 5.32 Å². The van der Waals surface area contributed by atoms with E-state index in [0.717, 1.165) is 30.7 Å². The van der Waals surface area contributed by atoms with Crippen molar-refractivity contribution in [2.75, 3.05) is 13.2 Å². The van der Waals surface area contributed by atoms with Crippen LogP contribution in [0.5, 0.6) is 5.75 Å². The summed E-state index contributed by atoms with van der Waals surface area (Å²) < 4.78 is 5.32. The molecule has 1 aliphatic carbocycles. The molecule has 2 atom stereocenters. The molecule has 3 heteroatoms. The molecule has 2 unspecified atom stereocenters. The van der Waals surface area contributed by atoms with Crippen LogP contribution in [0.2, 0.25) is 0 Å². The van der Waals surface area contributed by atoms with Crippen molar-refractivity contribution < 1.29 is 4.74 Å². The summed E-state index contributed by atoms with van der Waals surface area (Å²) in [7, 11) is 0. The lowest BCUT2D eigenvalue weighted by atomic mass is 9.82. The van der Waals surface area contributed by atoms with Gasteiger partial charge < -0.3 is 10.1 Å². The molecule has 0 amide bonds. The fraction of sp³-hybridized carbons (Fsp3) is 0.588. The van der Waals surface area contributed by atoms with Gasteiger partial charge in [-0.05, 0) is 48.9 Å². The Morgan fingerprint density at radius 1 is 1.40 bits per heavy atom. The highest BCUT2D eigenvalue weighted by atomic mass is 16.5. The molecule has 0 radical (unpaired) electrons. The Bertz CT molecular complexity index is 453. The minimum Gasteiger partial charge on any atom is -0.479 e. The summed E-state index contributed by atoms with van der Waals surface area (Å²) in [6.45, 7) is 4.45. The SMILES string of the molecule is CC1CCCC(CNCc2cccc(OCC#N)c2)C1. The van der Waals surface area contributed by atoms with E-state index in [1.54, 1.807) is 0 Å². The smallest absolute Gasteiger partial charge is 0.174 e. The number of benzene rings is 1. The molecule has 1 fully saturated rings. The van der Waals surface area contributed by atoms with Crippen molar-refractivity contribution in [2.24, 2.45) is 11.8 Å². The zero-order valence-corrected chi connectivity index (χ0v) is 12.3. The molecular formula is C17H24N2O. The maximum atomic E-state index is 8.52. The second kappa shape index (κ2) is 7.91. The fourth-order valence-corrected chi connectivity index (χ4v) is 3.03. The van der Waals surface area contributed by atoms with Crippen molar-refractivity contribution in [3.63, 3.8) is 0 Å². The third kappa shape index (κ3) is 4.86. The van der Waals surface area contributed by atoms with Gasteiger partial charge in [-0.15, -0.1) is 0 Å². The van der Waals surface area contributed by atoms with Gasteiger partial charge in [0.05, 0.1) is 0 Å². The molecule has 0 spiro atoms. The lowest BCUT2D eigenvalue weighted by molar-refractivity contribution is 0.274. The topological polar surface area (TPSA) is 45.0 Å². The number of hydrogen-bond acceptors (Lipinski definition) is 3. The first-order valence-electron chi connectivity index (χ1n) is 7.57. The average molecular weight is 272 g/mol. The normalized spacial score (nSPS) is 22.2. The van der Waals surface area contributed by atoms with Crippen LogP contribution in [0, 0.1) is 23.2 Å². The van der Waals surface area contributed by atoms with Gasteiger partial charge in [-0.2, -0.15) is 5.26 Å². The molecule has 0 bridgehead atoms. The van der Waals surface area contributed by atoms with Crippen LogP contribution in [-0.4, -0.2) is 13.2 Å². The van der Waals surface area contributed by atoms with Gasteiger partial charge in [-0.1, -0.05) is 31.9 Å². The van der Waals surface area contributed by atoms with Gasteiger partial charge in [-0.25, -0.2) is 0 Å². The van der Waals surface area contributed by atoms with Crippen LogP contribution in [0.4, 0.5) is 0 Å². The van der Waals surface area contributed by atoms with Gasteiger partial charge in [0, 0.05) is 6.54 Å². The van der Waals surface area contributed by atoms with Gasteiger partial charge in [0.1, 0.15) is 11.8 Å². The molecule has 3 nitrogen and oxygen atoms in total. The Balaban J connectivity index is 1.74. The van der Waals surface area contributed by atoms with Crippen LogP contribution in [0.1, 0.15) is 38.2 Å². The number of ether oxygens (including phenoxy) is 1. The summed E-state index contributed by atoms with van der Waals surface area (Å²) in [5.41, 5.74) is 1.21. The molecule has 20 heavy (non-hydrogen) atoms. The maximum Gasteiger partial charge on any atom is 0.174 e. The number of nitrogens with zero attached hydrogens (tertiary/aromatic N) is 1. The molecule has 2 rings (SSSR count). The zero-order valence-electron chi connectivity index (χ0n) is 12.3. The largest absolute Gasteiger partial charge is 0.479 e. The lowest BCUT2D eigenvalue weighted by Crippen LogP contribution is -2.26. The van der Waals surface area contributed by atoms with E-state index in [4.69, 9.17) is 10.00 Å². The highest BCUT2D eigenvalue weighted by molar-refractivity contribution is 5.28. The number of nitrogens with one attached hydrogen (secondary N) is 1. The van der Waals surface area contributed by atoms with Crippen LogP contribution < -0.4 is 10.1 Å². The first-order chi connectivity index (χ1) is 9.78. The van der Waals surface area contributed by atoms with E-state index in [0.29, 0.717) is 0 Å². The Labute approximate surface area is 121 Å². The van der Waals surface area contributed by atoms with Crippen molar-refractivity contribution in [3.8, 4) is 11.8 Å². The molecule has 0 aromatic heterocycles. The van der Waals surface area contributed by atoms with Crippen LogP contribution in [0.3, 0.4) is 0 Å². The standard InChI is InChI=1S/C17H24N2O/c1-14-4-2-5-15(10-14)12-19-13-16-6-3-7-17(11-16)20-9-8-18/h3,6-7,11,14-15,19H,2,4-5,9-10,12-13H2,1H3. The molecule has 0 aliphatic heterocycles. The molecule has 1 aromatic rings. The van der Waals surface area contributed by atoms with Gasteiger partial charge in [0.2, 0.25) is 0 Å². The Kier molecular flexibility index (Phi) is 5.88. The Morgan fingerprint density at radius 2 is 2.30 bits per heavy atom. The third-order valence-corrected chi connectivity index (χ3v) is 4.01. The Hall–Kier alpha value is -1.53. The summed E-state index contributed by atoms with van der Waals surface area (Å²) in [5, 5.41) is 12.1. The molecule has 1 aromatic carbocycles. The first kappa shape index (κ1) is 14.9. The fourth-order valence-electron chi connectivity index (χ4n) is 3.03. The monoisotopic (exact) mass is 272 g/mol. The second-order valence-corrected chi connectivity index (χ2v) is 5.86. The summed E-state index contributed by atoms with van der Waals surface area (Å²) >= 11 is 0. The van der Waals surface area contributed by atoms with Crippen LogP contribution >= 0.6 is 0 Å². The van der Waals surface area contributed by atoms with E-state index < -0.39 is 0 Å². The highest BCUT2D eigenvalue weighted by Crippen LogP contribution is 2.28. The lowest BCUT2D eigenvalue weighted by Gasteiger charge is -2.26. The van der Waals surface area contributed by atoms with E-state index >= 15 is 0 Å². The number of nitriles is 1. The minimum atomic E-state index is 0.108. The minimum absolute atomic E-state index is 0.108. The van der Waals surface area contributed by atoms with Crippen molar-refractivity contribution in [3.05, 3.63) is 29.8 Å². The summed E-state index contributed by atoms with van der Waals surface area (Å²) in [5.74, 6) is 2.49. The number of rotatable bonds is 6. The molecule has 0 heterocycles. The van der Waals surface area contributed by atoms with E-state index in [1.165, 1.54) is 31.2 Å². The van der Waals surface area contributed by atoms with E-state index in [1.807, 2.05) is 24.3 Å². The van der Waals surface area contributed by atoms with Crippen LogP contribution in [0.25, 0.3) is 0 Å².